The first-order valence-corrected chi connectivity index (χ1v) is 6.81. The Bertz CT molecular complexity index is 611. The van der Waals surface area contributed by atoms with Crippen LogP contribution in [0.1, 0.15) is 11.1 Å². The van der Waals surface area contributed by atoms with Crippen molar-refractivity contribution in [3.05, 3.63) is 58.4 Å². The van der Waals surface area contributed by atoms with Gasteiger partial charge in [-0.25, -0.2) is 4.39 Å². The van der Waals surface area contributed by atoms with E-state index in [1.54, 1.807) is 6.07 Å². The van der Waals surface area contributed by atoms with Crippen molar-refractivity contribution in [1.29, 1.82) is 0 Å². The van der Waals surface area contributed by atoms with Crippen LogP contribution in [0.3, 0.4) is 0 Å². The normalized spacial score (nSPS) is 10.4. The number of hydrogen-bond acceptors (Lipinski definition) is 2. The molecule has 2 aromatic carbocycles. The van der Waals surface area contributed by atoms with Gasteiger partial charge in [-0.1, -0.05) is 17.7 Å². The molecule has 0 saturated heterocycles. The Hall–Kier alpha value is -1.74. The van der Waals surface area contributed by atoms with E-state index in [4.69, 9.17) is 11.6 Å². The molecule has 2 rings (SSSR count). The van der Waals surface area contributed by atoms with Crippen LogP contribution in [0, 0.1) is 12.7 Å². The molecule has 0 saturated carbocycles. The van der Waals surface area contributed by atoms with Crippen LogP contribution < -0.4 is 10.2 Å². The lowest BCUT2D eigenvalue weighted by Gasteiger charge is -2.16. The van der Waals surface area contributed by atoms with E-state index in [0.29, 0.717) is 6.54 Å². The average Bonchev–Trinajstić information content (AvgIpc) is 2.41. The van der Waals surface area contributed by atoms with Crippen LogP contribution in [0.2, 0.25) is 5.02 Å². The fourth-order valence-corrected chi connectivity index (χ4v) is 2.09. The van der Waals surface area contributed by atoms with Gasteiger partial charge in [-0.05, 0) is 48.4 Å². The third-order valence-electron chi connectivity index (χ3n) is 3.19. The van der Waals surface area contributed by atoms with E-state index in [0.717, 1.165) is 22.5 Å². The van der Waals surface area contributed by atoms with Crippen LogP contribution in [0.4, 0.5) is 15.8 Å². The molecule has 0 bridgehead atoms. The van der Waals surface area contributed by atoms with E-state index in [-0.39, 0.29) is 10.8 Å². The van der Waals surface area contributed by atoms with Gasteiger partial charge in [0.25, 0.3) is 0 Å². The van der Waals surface area contributed by atoms with E-state index in [9.17, 15) is 4.39 Å². The Balaban J connectivity index is 2.09. The van der Waals surface area contributed by atoms with Crippen molar-refractivity contribution >= 4 is 23.0 Å². The molecule has 2 nitrogen and oxygen atoms in total. The molecule has 0 unspecified atom stereocenters. The molecule has 0 aliphatic heterocycles. The van der Waals surface area contributed by atoms with E-state index >= 15 is 0 Å². The number of aryl methyl sites for hydroxylation is 1. The molecule has 2 aromatic rings. The minimum absolute atomic E-state index is 0.153. The molecule has 0 atom stereocenters. The lowest BCUT2D eigenvalue weighted by molar-refractivity contribution is 0.626. The number of halogens is 2. The molecule has 0 radical (unpaired) electrons. The van der Waals surface area contributed by atoms with Crippen LogP contribution in [-0.4, -0.2) is 14.1 Å². The molecule has 0 spiro atoms. The SMILES string of the molecule is Cc1cc(N(C)C)ccc1NCc1ccc(Cl)c(F)c1. The number of anilines is 2. The fraction of sp³-hybridized carbons (Fsp3) is 0.250. The van der Waals surface area contributed by atoms with Crippen LogP contribution in [0.15, 0.2) is 36.4 Å². The van der Waals surface area contributed by atoms with E-state index in [1.165, 1.54) is 6.07 Å². The molecular weight excluding hydrogens is 275 g/mol. The molecule has 106 valence electrons. The zero-order valence-electron chi connectivity index (χ0n) is 11.9. The largest absolute Gasteiger partial charge is 0.381 e. The highest BCUT2D eigenvalue weighted by atomic mass is 35.5. The van der Waals surface area contributed by atoms with Crippen molar-refractivity contribution in [2.24, 2.45) is 0 Å². The molecule has 0 aromatic heterocycles. The lowest BCUT2D eigenvalue weighted by Crippen LogP contribution is -2.09. The fourth-order valence-electron chi connectivity index (χ4n) is 1.97. The lowest BCUT2D eigenvalue weighted by atomic mass is 10.1. The number of nitrogens with one attached hydrogen (secondary N) is 1. The Morgan fingerprint density at radius 1 is 1.15 bits per heavy atom. The Morgan fingerprint density at radius 3 is 2.50 bits per heavy atom. The summed E-state index contributed by atoms with van der Waals surface area (Å²) < 4.78 is 13.4. The van der Waals surface area contributed by atoms with E-state index in [1.807, 2.05) is 26.2 Å². The maximum atomic E-state index is 13.4. The highest BCUT2D eigenvalue weighted by molar-refractivity contribution is 6.30. The average molecular weight is 293 g/mol. The van der Waals surface area contributed by atoms with Gasteiger partial charge in [-0.2, -0.15) is 0 Å². The summed E-state index contributed by atoms with van der Waals surface area (Å²) in [6, 6.07) is 11.1. The second-order valence-electron chi connectivity index (χ2n) is 5.00. The van der Waals surface area contributed by atoms with Gasteiger partial charge in [-0.3, -0.25) is 0 Å². The van der Waals surface area contributed by atoms with Crippen LogP contribution in [-0.2, 0) is 6.54 Å². The summed E-state index contributed by atoms with van der Waals surface area (Å²) in [6.45, 7) is 2.62. The topological polar surface area (TPSA) is 15.3 Å². The molecule has 0 aliphatic rings. The van der Waals surface area contributed by atoms with Gasteiger partial charge < -0.3 is 10.2 Å². The highest BCUT2D eigenvalue weighted by Crippen LogP contribution is 2.22. The molecule has 4 heteroatoms. The second-order valence-corrected chi connectivity index (χ2v) is 5.40. The van der Waals surface area contributed by atoms with Crippen molar-refractivity contribution in [2.45, 2.75) is 13.5 Å². The van der Waals surface area contributed by atoms with Gasteiger partial charge >= 0.3 is 0 Å². The monoisotopic (exact) mass is 292 g/mol. The van der Waals surface area contributed by atoms with Gasteiger partial charge in [0.15, 0.2) is 0 Å². The van der Waals surface area contributed by atoms with E-state index in [2.05, 4.69) is 29.3 Å². The molecule has 0 heterocycles. The van der Waals surface area contributed by atoms with Crippen molar-refractivity contribution in [2.75, 3.05) is 24.3 Å². The Kier molecular flexibility index (Phi) is 4.50. The third kappa shape index (κ3) is 3.42. The first-order chi connectivity index (χ1) is 9.47. The number of nitrogens with zero attached hydrogens (tertiary/aromatic N) is 1. The summed E-state index contributed by atoms with van der Waals surface area (Å²) in [6.07, 6.45) is 0. The standard InChI is InChI=1S/C16H18ClFN2/c1-11-8-13(20(2)3)5-7-16(11)19-10-12-4-6-14(17)15(18)9-12/h4-9,19H,10H2,1-3H3. The quantitative estimate of drug-likeness (QED) is 0.894. The maximum absolute atomic E-state index is 13.4. The van der Waals surface area contributed by atoms with Crippen LogP contribution in [0.5, 0.6) is 0 Å². The minimum Gasteiger partial charge on any atom is -0.381 e. The summed E-state index contributed by atoms with van der Waals surface area (Å²) >= 11 is 5.67. The first kappa shape index (κ1) is 14.7. The molecule has 20 heavy (non-hydrogen) atoms. The molecule has 1 N–H and O–H groups in total. The second kappa shape index (κ2) is 6.14. The Labute approximate surface area is 124 Å². The van der Waals surface area contributed by atoms with Gasteiger partial charge in [0.2, 0.25) is 0 Å². The molecule has 0 amide bonds. The minimum atomic E-state index is -0.384. The number of rotatable bonds is 4. The zero-order valence-corrected chi connectivity index (χ0v) is 12.6. The first-order valence-electron chi connectivity index (χ1n) is 6.43. The molecular formula is C16H18ClFN2. The van der Waals surface area contributed by atoms with Crippen molar-refractivity contribution < 1.29 is 4.39 Å². The van der Waals surface area contributed by atoms with E-state index < -0.39 is 0 Å². The number of hydrogen-bond donors (Lipinski definition) is 1. The smallest absolute Gasteiger partial charge is 0.142 e. The predicted molar refractivity (Wildman–Crippen MR) is 84.2 cm³/mol. The Morgan fingerprint density at radius 2 is 1.90 bits per heavy atom. The third-order valence-corrected chi connectivity index (χ3v) is 3.50. The highest BCUT2D eigenvalue weighted by Gasteiger charge is 2.04. The summed E-state index contributed by atoms with van der Waals surface area (Å²) in [5.41, 5.74) is 4.23. The van der Waals surface area contributed by atoms with Crippen molar-refractivity contribution in [3.63, 3.8) is 0 Å². The molecule has 0 fully saturated rings. The van der Waals surface area contributed by atoms with Gasteiger partial charge in [0.05, 0.1) is 5.02 Å². The summed E-state index contributed by atoms with van der Waals surface area (Å²) in [4.78, 5) is 2.06. The maximum Gasteiger partial charge on any atom is 0.142 e. The molecule has 0 aliphatic carbocycles. The van der Waals surface area contributed by atoms with Gasteiger partial charge in [-0.15, -0.1) is 0 Å². The number of benzene rings is 2. The summed E-state index contributed by atoms with van der Waals surface area (Å²) in [7, 11) is 4.02. The van der Waals surface area contributed by atoms with Gasteiger partial charge in [0, 0.05) is 32.0 Å². The van der Waals surface area contributed by atoms with Gasteiger partial charge in [0.1, 0.15) is 5.82 Å². The van der Waals surface area contributed by atoms with Crippen molar-refractivity contribution in [3.8, 4) is 0 Å². The predicted octanol–water partition coefficient (Wildman–Crippen LogP) is 4.47. The zero-order chi connectivity index (χ0) is 14.7. The van der Waals surface area contributed by atoms with Crippen molar-refractivity contribution in [1.82, 2.24) is 0 Å². The van der Waals surface area contributed by atoms with Crippen LogP contribution in [0.25, 0.3) is 0 Å². The summed E-state index contributed by atoms with van der Waals surface area (Å²) in [5.74, 6) is -0.384. The van der Waals surface area contributed by atoms with Crippen LogP contribution >= 0.6 is 11.6 Å². The summed E-state index contributed by atoms with van der Waals surface area (Å²) in [5, 5.41) is 3.47.